The lowest BCUT2D eigenvalue weighted by molar-refractivity contribution is 0.719. The van der Waals surface area contributed by atoms with Crippen LogP contribution in [0, 0.1) is 6.92 Å². The predicted octanol–water partition coefficient (Wildman–Crippen LogP) is 4.74. The number of nitrogens with one attached hydrogen (secondary N) is 1. The lowest BCUT2D eigenvalue weighted by Crippen LogP contribution is -2.31. The molecule has 2 heterocycles. The van der Waals surface area contributed by atoms with Crippen LogP contribution in [0.15, 0.2) is 54.6 Å². The molecule has 0 saturated heterocycles. The molecule has 0 amide bonds. The van der Waals surface area contributed by atoms with Gasteiger partial charge in [0.1, 0.15) is 5.82 Å². The number of anilines is 3. The van der Waals surface area contributed by atoms with Crippen molar-refractivity contribution in [3.05, 3.63) is 76.4 Å². The first-order chi connectivity index (χ1) is 12.2. The van der Waals surface area contributed by atoms with E-state index in [1.54, 1.807) is 0 Å². The van der Waals surface area contributed by atoms with E-state index in [0.29, 0.717) is 11.0 Å². The van der Waals surface area contributed by atoms with Crippen LogP contribution in [0.2, 0.25) is 5.02 Å². The van der Waals surface area contributed by atoms with E-state index in [0.717, 1.165) is 36.7 Å². The third-order valence-electron chi connectivity index (χ3n) is 4.42. The number of nitrogens with zero attached hydrogens (tertiary/aromatic N) is 3. The molecule has 126 valence electrons. The van der Waals surface area contributed by atoms with Crippen molar-refractivity contribution in [2.24, 2.45) is 0 Å². The molecule has 0 saturated carbocycles. The molecule has 4 rings (SSSR count). The minimum absolute atomic E-state index is 0.571. The van der Waals surface area contributed by atoms with Crippen molar-refractivity contribution in [1.82, 2.24) is 9.97 Å². The van der Waals surface area contributed by atoms with E-state index >= 15 is 0 Å². The lowest BCUT2D eigenvalue weighted by Gasteiger charge is -2.30. The second kappa shape index (κ2) is 6.73. The van der Waals surface area contributed by atoms with Crippen molar-refractivity contribution in [3.8, 4) is 0 Å². The van der Waals surface area contributed by atoms with Crippen molar-refractivity contribution < 1.29 is 0 Å². The maximum absolute atomic E-state index is 6.23. The maximum Gasteiger partial charge on any atom is 0.229 e. The molecule has 0 spiro atoms. The molecule has 0 aliphatic carbocycles. The van der Waals surface area contributed by atoms with Gasteiger partial charge in [-0.05, 0) is 36.6 Å². The molecule has 1 N–H and O–H groups in total. The highest BCUT2D eigenvalue weighted by atomic mass is 35.5. The van der Waals surface area contributed by atoms with Crippen molar-refractivity contribution in [2.75, 3.05) is 16.8 Å². The number of hydrogen-bond donors (Lipinski definition) is 1. The molecule has 0 bridgehead atoms. The van der Waals surface area contributed by atoms with Gasteiger partial charge in [0.05, 0.1) is 10.7 Å². The number of rotatable bonds is 3. The fourth-order valence-corrected chi connectivity index (χ4v) is 3.33. The number of fused-ring (bicyclic) bond motifs is 1. The SMILES string of the molecule is Cc1cc(N2CCc3ccccc3C2)nc(Nc2ccccc2Cl)n1. The van der Waals surface area contributed by atoms with Gasteiger partial charge >= 0.3 is 0 Å². The number of hydrogen-bond acceptors (Lipinski definition) is 4. The Kier molecular flexibility index (Phi) is 4.28. The van der Waals surface area contributed by atoms with Crippen molar-refractivity contribution >= 4 is 29.1 Å². The molecular weight excluding hydrogens is 332 g/mol. The number of para-hydroxylation sites is 1. The van der Waals surface area contributed by atoms with Gasteiger partial charge < -0.3 is 10.2 Å². The minimum Gasteiger partial charge on any atom is -0.352 e. The maximum atomic E-state index is 6.23. The van der Waals surface area contributed by atoms with E-state index < -0.39 is 0 Å². The number of halogens is 1. The monoisotopic (exact) mass is 350 g/mol. The van der Waals surface area contributed by atoms with Gasteiger partial charge in [-0.1, -0.05) is 48.0 Å². The van der Waals surface area contributed by atoms with E-state index in [1.165, 1.54) is 11.1 Å². The van der Waals surface area contributed by atoms with Gasteiger partial charge in [0.15, 0.2) is 0 Å². The summed E-state index contributed by atoms with van der Waals surface area (Å²) in [5.41, 5.74) is 4.53. The molecule has 4 nitrogen and oxygen atoms in total. The zero-order chi connectivity index (χ0) is 17.2. The van der Waals surface area contributed by atoms with Gasteiger partial charge in [0.25, 0.3) is 0 Å². The van der Waals surface area contributed by atoms with Crippen molar-refractivity contribution in [3.63, 3.8) is 0 Å². The van der Waals surface area contributed by atoms with Crippen LogP contribution in [0.5, 0.6) is 0 Å². The molecule has 25 heavy (non-hydrogen) atoms. The first-order valence-corrected chi connectivity index (χ1v) is 8.76. The standard InChI is InChI=1S/C20H19ClN4/c1-14-12-19(25-11-10-15-6-2-3-7-16(15)13-25)24-20(22-14)23-18-9-5-4-8-17(18)21/h2-9,12H,10-11,13H2,1H3,(H,22,23,24). The smallest absolute Gasteiger partial charge is 0.229 e. The van der Waals surface area contributed by atoms with Gasteiger partial charge in [-0.2, -0.15) is 4.98 Å². The molecule has 0 radical (unpaired) electrons. The highest BCUT2D eigenvalue weighted by molar-refractivity contribution is 6.33. The van der Waals surface area contributed by atoms with E-state index in [4.69, 9.17) is 16.6 Å². The molecule has 5 heteroatoms. The Morgan fingerprint density at radius 3 is 2.60 bits per heavy atom. The summed E-state index contributed by atoms with van der Waals surface area (Å²) in [5.74, 6) is 1.51. The Hall–Kier alpha value is -2.59. The predicted molar refractivity (Wildman–Crippen MR) is 103 cm³/mol. The number of aromatic nitrogens is 2. The Labute approximate surface area is 152 Å². The van der Waals surface area contributed by atoms with Gasteiger partial charge in [0, 0.05) is 24.8 Å². The van der Waals surface area contributed by atoms with Gasteiger partial charge in [-0.25, -0.2) is 4.98 Å². The van der Waals surface area contributed by atoms with Crippen molar-refractivity contribution in [1.29, 1.82) is 0 Å². The van der Waals surface area contributed by atoms with Crippen molar-refractivity contribution in [2.45, 2.75) is 19.9 Å². The normalized spacial score (nSPS) is 13.4. The van der Waals surface area contributed by atoms with Crippen LogP contribution in [-0.2, 0) is 13.0 Å². The summed E-state index contributed by atoms with van der Waals surface area (Å²) in [6.07, 6.45) is 1.03. The van der Waals surface area contributed by atoms with E-state index in [2.05, 4.69) is 39.5 Å². The summed E-state index contributed by atoms with van der Waals surface area (Å²) >= 11 is 6.23. The summed E-state index contributed by atoms with van der Waals surface area (Å²) in [5, 5.41) is 3.88. The Bertz CT molecular complexity index is 910. The summed E-state index contributed by atoms with van der Waals surface area (Å²) in [4.78, 5) is 11.5. The fraction of sp³-hybridized carbons (Fsp3) is 0.200. The lowest BCUT2D eigenvalue weighted by atomic mass is 10.00. The molecule has 1 aliphatic rings. The minimum atomic E-state index is 0.571. The largest absolute Gasteiger partial charge is 0.352 e. The topological polar surface area (TPSA) is 41.1 Å². The molecule has 1 aromatic heterocycles. The zero-order valence-electron chi connectivity index (χ0n) is 14.0. The molecule has 0 unspecified atom stereocenters. The van der Waals surface area contributed by atoms with Gasteiger partial charge in [-0.15, -0.1) is 0 Å². The number of benzene rings is 2. The first kappa shape index (κ1) is 15.9. The zero-order valence-corrected chi connectivity index (χ0v) is 14.8. The summed E-state index contributed by atoms with van der Waals surface area (Å²) in [7, 11) is 0. The molecule has 0 atom stereocenters. The Morgan fingerprint density at radius 2 is 1.76 bits per heavy atom. The van der Waals surface area contributed by atoms with E-state index in [9.17, 15) is 0 Å². The Morgan fingerprint density at radius 1 is 1.00 bits per heavy atom. The third-order valence-corrected chi connectivity index (χ3v) is 4.75. The molecule has 1 aliphatic heterocycles. The highest BCUT2D eigenvalue weighted by Crippen LogP contribution is 2.27. The third kappa shape index (κ3) is 3.44. The fourth-order valence-electron chi connectivity index (χ4n) is 3.14. The van der Waals surface area contributed by atoms with E-state index in [1.807, 2.05) is 37.3 Å². The second-order valence-electron chi connectivity index (χ2n) is 6.24. The molecule has 0 fully saturated rings. The first-order valence-electron chi connectivity index (χ1n) is 8.38. The van der Waals surface area contributed by atoms with Crippen LogP contribution < -0.4 is 10.2 Å². The summed E-state index contributed by atoms with van der Waals surface area (Å²) in [6.45, 7) is 3.82. The summed E-state index contributed by atoms with van der Waals surface area (Å²) < 4.78 is 0. The summed E-state index contributed by atoms with van der Waals surface area (Å²) in [6, 6.07) is 18.3. The molecule has 2 aromatic carbocycles. The van der Waals surface area contributed by atoms with Crippen LogP contribution in [-0.4, -0.2) is 16.5 Å². The average molecular weight is 351 g/mol. The second-order valence-corrected chi connectivity index (χ2v) is 6.64. The molecule has 3 aromatic rings. The van der Waals surface area contributed by atoms with Gasteiger partial charge in [0.2, 0.25) is 5.95 Å². The van der Waals surface area contributed by atoms with Crippen LogP contribution >= 0.6 is 11.6 Å². The van der Waals surface area contributed by atoms with Crippen LogP contribution in [0.25, 0.3) is 0 Å². The average Bonchev–Trinajstić information content (AvgIpc) is 2.63. The van der Waals surface area contributed by atoms with E-state index in [-0.39, 0.29) is 0 Å². The van der Waals surface area contributed by atoms with Crippen LogP contribution in [0.1, 0.15) is 16.8 Å². The molecular formula is C20H19ClN4. The highest BCUT2D eigenvalue weighted by Gasteiger charge is 2.18. The van der Waals surface area contributed by atoms with Gasteiger partial charge in [-0.3, -0.25) is 0 Å². The van der Waals surface area contributed by atoms with Crippen LogP contribution in [0.4, 0.5) is 17.5 Å². The van der Waals surface area contributed by atoms with Crippen LogP contribution in [0.3, 0.4) is 0 Å². The Balaban J connectivity index is 1.61. The number of aryl methyl sites for hydroxylation is 1. The quantitative estimate of drug-likeness (QED) is 0.740.